The van der Waals surface area contributed by atoms with Crippen molar-refractivity contribution in [1.82, 2.24) is 0 Å². The second kappa shape index (κ2) is 8.82. The van der Waals surface area contributed by atoms with E-state index in [1.54, 1.807) is 7.11 Å². The predicted molar refractivity (Wildman–Crippen MR) is 99.0 cm³/mol. The van der Waals surface area contributed by atoms with Gasteiger partial charge in [-0.05, 0) is 43.2 Å². The van der Waals surface area contributed by atoms with E-state index in [1.165, 1.54) is 5.56 Å². The number of aliphatic imine (C=N–C) groups is 1. The number of nitrogens with two attached hydrogens (primary N) is 1. The minimum absolute atomic E-state index is 0.121. The highest BCUT2D eigenvalue weighted by atomic mass is 16.5. The van der Waals surface area contributed by atoms with Crippen LogP contribution in [0.4, 0.5) is 5.69 Å². The smallest absolute Gasteiger partial charge is 0.193 e. The summed E-state index contributed by atoms with van der Waals surface area (Å²) in [6.07, 6.45) is 0.894. The van der Waals surface area contributed by atoms with Crippen molar-refractivity contribution in [2.45, 2.75) is 26.4 Å². The minimum atomic E-state index is -0.121. The third-order valence-corrected chi connectivity index (χ3v) is 3.55. The summed E-state index contributed by atoms with van der Waals surface area (Å²) in [5, 5.41) is 3.08. The zero-order valence-corrected chi connectivity index (χ0v) is 14.5. The molecule has 0 aliphatic heterocycles. The molecule has 2 aromatic carbocycles. The standard InChI is InChI=1S/C19H25N3O2/c1-4-15-9-11-16(12-10-15)22-19(20)21-13-14(2)24-18-8-6-5-7-17(18)23-3/h5-12,14H,4,13H2,1-3H3,(H3,20,21,22). The lowest BCUT2D eigenvalue weighted by atomic mass is 10.1. The molecular weight excluding hydrogens is 302 g/mol. The van der Waals surface area contributed by atoms with Crippen LogP contribution in [0.2, 0.25) is 0 Å². The summed E-state index contributed by atoms with van der Waals surface area (Å²) in [6.45, 7) is 4.52. The average molecular weight is 327 g/mol. The highest BCUT2D eigenvalue weighted by Gasteiger charge is 2.08. The van der Waals surface area contributed by atoms with Crippen LogP contribution in [0.15, 0.2) is 53.5 Å². The molecule has 0 saturated heterocycles. The first-order chi connectivity index (χ1) is 11.6. The molecule has 5 nitrogen and oxygen atoms in total. The maximum Gasteiger partial charge on any atom is 0.193 e. The van der Waals surface area contributed by atoms with Gasteiger partial charge in [0.25, 0.3) is 0 Å². The fourth-order valence-corrected chi connectivity index (χ4v) is 2.21. The zero-order chi connectivity index (χ0) is 17.4. The Morgan fingerprint density at radius 3 is 2.42 bits per heavy atom. The van der Waals surface area contributed by atoms with Gasteiger partial charge in [0.05, 0.1) is 13.7 Å². The lowest BCUT2D eigenvalue weighted by Gasteiger charge is -2.15. The maximum absolute atomic E-state index is 5.93. The second-order valence-corrected chi connectivity index (χ2v) is 5.48. The summed E-state index contributed by atoms with van der Waals surface area (Å²) >= 11 is 0. The fraction of sp³-hybridized carbons (Fsp3) is 0.316. The van der Waals surface area contributed by atoms with Crippen molar-refractivity contribution >= 4 is 11.6 Å². The third kappa shape index (κ3) is 5.19. The van der Waals surface area contributed by atoms with Crippen LogP contribution < -0.4 is 20.5 Å². The summed E-state index contributed by atoms with van der Waals surface area (Å²) in [6, 6.07) is 15.7. The quantitative estimate of drug-likeness (QED) is 0.604. The molecule has 0 fully saturated rings. The largest absolute Gasteiger partial charge is 0.493 e. The van der Waals surface area contributed by atoms with Crippen LogP contribution in [0.1, 0.15) is 19.4 Å². The van der Waals surface area contributed by atoms with Gasteiger partial charge in [-0.2, -0.15) is 0 Å². The van der Waals surface area contributed by atoms with E-state index in [4.69, 9.17) is 15.2 Å². The Kier molecular flexibility index (Phi) is 6.49. The van der Waals surface area contributed by atoms with Gasteiger partial charge < -0.3 is 20.5 Å². The van der Waals surface area contributed by atoms with Gasteiger partial charge in [0.2, 0.25) is 0 Å². The van der Waals surface area contributed by atoms with Gasteiger partial charge in [-0.3, -0.25) is 0 Å². The number of rotatable bonds is 7. The van der Waals surface area contributed by atoms with Gasteiger partial charge in [0.15, 0.2) is 17.5 Å². The number of guanidine groups is 1. The SMILES string of the molecule is CCc1ccc(NC(N)=NCC(C)Oc2ccccc2OC)cc1. The van der Waals surface area contributed by atoms with E-state index in [0.29, 0.717) is 24.0 Å². The van der Waals surface area contributed by atoms with E-state index in [9.17, 15) is 0 Å². The fourth-order valence-electron chi connectivity index (χ4n) is 2.21. The molecule has 0 radical (unpaired) electrons. The molecule has 0 spiro atoms. The summed E-state index contributed by atoms with van der Waals surface area (Å²) in [5.74, 6) is 1.77. The molecule has 0 heterocycles. The van der Waals surface area contributed by atoms with Crippen LogP contribution in [0.5, 0.6) is 11.5 Å². The molecule has 5 heteroatoms. The van der Waals surface area contributed by atoms with Crippen molar-refractivity contribution in [3.63, 3.8) is 0 Å². The van der Waals surface area contributed by atoms with Crippen LogP contribution in [-0.4, -0.2) is 25.7 Å². The molecule has 2 rings (SSSR count). The molecule has 0 aliphatic rings. The Balaban J connectivity index is 1.88. The van der Waals surface area contributed by atoms with Gasteiger partial charge in [-0.1, -0.05) is 31.2 Å². The second-order valence-electron chi connectivity index (χ2n) is 5.48. The van der Waals surface area contributed by atoms with Crippen molar-refractivity contribution in [3.05, 3.63) is 54.1 Å². The maximum atomic E-state index is 5.93. The highest BCUT2D eigenvalue weighted by molar-refractivity contribution is 5.92. The molecular formula is C19H25N3O2. The number of methoxy groups -OCH3 is 1. The van der Waals surface area contributed by atoms with E-state index >= 15 is 0 Å². The highest BCUT2D eigenvalue weighted by Crippen LogP contribution is 2.26. The molecule has 0 bridgehead atoms. The van der Waals surface area contributed by atoms with Crippen LogP contribution in [0.3, 0.4) is 0 Å². The topological polar surface area (TPSA) is 68.9 Å². The Bertz CT molecular complexity index is 669. The number of hydrogen-bond donors (Lipinski definition) is 2. The molecule has 2 aromatic rings. The monoisotopic (exact) mass is 327 g/mol. The molecule has 1 unspecified atom stereocenters. The third-order valence-electron chi connectivity index (χ3n) is 3.55. The van der Waals surface area contributed by atoms with Crippen molar-refractivity contribution in [2.75, 3.05) is 19.0 Å². The number of hydrogen-bond acceptors (Lipinski definition) is 3. The van der Waals surface area contributed by atoms with E-state index in [1.807, 2.05) is 43.3 Å². The zero-order valence-electron chi connectivity index (χ0n) is 14.5. The van der Waals surface area contributed by atoms with E-state index in [-0.39, 0.29) is 6.10 Å². The number of aryl methyl sites for hydroxylation is 1. The molecule has 1 atom stereocenters. The number of anilines is 1. The van der Waals surface area contributed by atoms with Crippen LogP contribution in [0, 0.1) is 0 Å². The first-order valence-corrected chi connectivity index (χ1v) is 8.08. The number of para-hydroxylation sites is 2. The van der Waals surface area contributed by atoms with Crippen LogP contribution in [0.25, 0.3) is 0 Å². The van der Waals surface area contributed by atoms with Crippen LogP contribution >= 0.6 is 0 Å². The molecule has 24 heavy (non-hydrogen) atoms. The molecule has 0 aromatic heterocycles. The van der Waals surface area contributed by atoms with Gasteiger partial charge in [0.1, 0.15) is 6.10 Å². The first-order valence-electron chi connectivity index (χ1n) is 8.08. The number of nitrogens with one attached hydrogen (secondary N) is 1. The van der Waals surface area contributed by atoms with E-state index in [2.05, 4.69) is 29.4 Å². The normalized spacial score (nSPS) is 12.5. The van der Waals surface area contributed by atoms with Crippen molar-refractivity contribution in [2.24, 2.45) is 10.7 Å². The first kappa shape index (κ1) is 17.7. The summed E-state index contributed by atoms with van der Waals surface area (Å²) in [7, 11) is 1.62. The van der Waals surface area contributed by atoms with Crippen molar-refractivity contribution in [3.8, 4) is 11.5 Å². The Hall–Kier alpha value is -2.69. The van der Waals surface area contributed by atoms with Gasteiger partial charge in [0, 0.05) is 5.69 Å². The summed E-state index contributed by atoms with van der Waals surface area (Å²) < 4.78 is 11.1. The number of benzene rings is 2. The molecule has 0 saturated carbocycles. The predicted octanol–water partition coefficient (Wildman–Crippen LogP) is 3.45. The van der Waals surface area contributed by atoms with Crippen molar-refractivity contribution in [1.29, 1.82) is 0 Å². The summed E-state index contributed by atoms with van der Waals surface area (Å²) in [5.41, 5.74) is 8.14. The van der Waals surface area contributed by atoms with E-state index in [0.717, 1.165) is 12.1 Å². The lowest BCUT2D eigenvalue weighted by Crippen LogP contribution is -2.25. The average Bonchev–Trinajstić information content (AvgIpc) is 2.61. The van der Waals surface area contributed by atoms with Crippen molar-refractivity contribution < 1.29 is 9.47 Å². The molecule has 0 amide bonds. The number of nitrogens with zero attached hydrogens (tertiary/aromatic N) is 1. The Labute approximate surface area is 143 Å². The summed E-state index contributed by atoms with van der Waals surface area (Å²) in [4.78, 5) is 4.33. The Morgan fingerprint density at radius 1 is 1.12 bits per heavy atom. The Morgan fingerprint density at radius 2 is 1.79 bits per heavy atom. The van der Waals surface area contributed by atoms with Gasteiger partial charge in [-0.15, -0.1) is 0 Å². The number of ether oxygens (including phenoxy) is 2. The minimum Gasteiger partial charge on any atom is -0.493 e. The molecule has 3 N–H and O–H groups in total. The van der Waals surface area contributed by atoms with Gasteiger partial charge in [-0.25, -0.2) is 4.99 Å². The van der Waals surface area contributed by atoms with Crippen LogP contribution in [-0.2, 0) is 6.42 Å². The molecule has 0 aliphatic carbocycles. The van der Waals surface area contributed by atoms with E-state index < -0.39 is 0 Å². The molecule has 128 valence electrons. The van der Waals surface area contributed by atoms with Gasteiger partial charge >= 0.3 is 0 Å². The lowest BCUT2D eigenvalue weighted by molar-refractivity contribution is 0.219.